The predicted molar refractivity (Wildman–Crippen MR) is 46.0 cm³/mol. The summed E-state index contributed by atoms with van der Waals surface area (Å²) >= 11 is 5.57. The van der Waals surface area contributed by atoms with Gasteiger partial charge in [-0.2, -0.15) is 0 Å². The molecule has 0 unspecified atom stereocenters. The van der Waals surface area contributed by atoms with E-state index in [0.29, 0.717) is 10.6 Å². The third kappa shape index (κ3) is 1.87. The molecule has 3 N–H and O–H groups in total. The zero-order valence-electron chi connectivity index (χ0n) is 6.30. The fraction of sp³-hybridized carbons (Fsp3) is 0.250. The average molecular weight is 190 g/mol. The Morgan fingerprint density at radius 1 is 1.58 bits per heavy atom. The van der Waals surface area contributed by atoms with Gasteiger partial charge in [0, 0.05) is 10.6 Å². The number of benzene rings is 1. The Balaban J connectivity index is 3.01. The van der Waals surface area contributed by atoms with Crippen molar-refractivity contribution in [2.24, 2.45) is 5.73 Å². The molecule has 0 radical (unpaired) electrons. The van der Waals surface area contributed by atoms with Gasteiger partial charge in [0.05, 0.1) is 6.04 Å². The second-order valence-electron chi connectivity index (χ2n) is 2.46. The first kappa shape index (κ1) is 9.29. The quantitative estimate of drug-likeness (QED) is 0.748. The first-order valence-corrected chi connectivity index (χ1v) is 3.83. The van der Waals surface area contributed by atoms with Crippen molar-refractivity contribution in [3.05, 3.63) is 28.8 Å². The molecule has 1 aromatic rings. The Labute approximate surface area is 74.8 Å². The molecule has 0 bridgehead atoms. The van der Waals surface area contributed by atoms with E-state index in [4.69, 9.17) is 17.3 Å². The molecule has 0 aliphatic carbocycles. The van der Waals surface area contributed by atoms with E-state index in [0.717, 1.165) is 0 Å². The van der Waals surface area contributed by atoms with Crippen LogP contribution in [0.3, 0.4) is 0 Å². The van der Waals surface area contributed by atoms with Gasteiger partial charge in [-0.25, -0.2) is 4.39 Å². The number of phenols is 1. The summed E-state index contributed by atoms with van der Waals surface area (Å²) in [6.45, 7) is -0.699. The van der Waals surface area contributed by atoms with Crippen molar-refractivity contribution in [2.45, 2.75) is 6.04 Å². The maximum absolute atomic E-state index is 12.1. The lowest BCUT2D eigenvalue weighted by Gasteiger charge is -2.09. The summed E-state index contributed by atoms with van der Waals surface area (Å²) in [5.74, 6) is -0.0624. The van der Waals surface area contributed by atoms with E-state index in [1.54, 1.807) is 6.07 Å². The summed E-state index contributed by atoms with van der Waals surface area (Å²) in [6, 6.07) is 3.64. The number of phenolic OH excluding ortho intramolecular Hbond substituents is 1. The largest absolute Gasteiger partial charge is 0.508 e. The van der Waals surface area contributed by atoms with Gasteiger partial charge in [0.15, 0.2) is 0 Å². The highest BCUT2D eigenvalue weighted by Gasteiger charge is 2.09. The van der Waals surface area contributed by atoms with E-state index in [1.807, 2.05) is 0 Å². The zero-order valence-corrected chi connectivity index (χ0v) is 7.05. The molecule has 0 fully saturated rings. The summed E-state index contributed by atoms with van der Waals surface area (Å²) in [6.07, 6.45) is 0. The molecular formula is C8H9ClFNO. The molecule has 0 saturated heterocycles. The maximum Gasteiger partial charge on any atom is 0.121 e. The van der Waals surface area contributed by atoms with Crippen LogP contribution in [0, 0.1) is 0 Å². The van der Waals surface area contributed by atoms with Crippen molar-refractivity contribution in [1.82, 2.24) is 0 Å². The number of alkyl halides is 1. The molecule has 2 nitrogen and oxygen atoms in total. The maximum atomic E-state index is 12.1. The van der Waals surface area contributed by atoms with Crippen LogP contribution in [0.5, 0.6) is 5.75 Å². The smallest absolute Gasteiger partial charge is 0.121 e. The highest BCUT2D eigenvalue weighted by atomic mass is 35.5. The molecule has 66 valence electrons. The Morgan fingerprint density at radius 3 is 2.75 bits per heavy atom. The van der Waals surface area contributed by atoms with E-state index in [-0.39, 0.29) is 5.75 Å². The SMILES string of the molecule is N[C@@H](CF)c1ccc(Cl)cc1O. The Bertz CT molecular complexity index is 280. The lowest BCUT2D eigenvalue weighted by atomic mass is 10.1. The number of hydrogen-bond acceptors (Lipinski definition) is 2. The molecule has 1 rings (SSSR count). The van der Waals surface area contributed by atoms with Crippen molar-refractivity contribution >= 4 is 11.6 Å². The lowest BCUT2D eigenvalue weighted by Crippen LogP contribution is -2.12. The van der Waals surface area contributed by atoms with E-state index < -0.39 is 12.7 Å². The zero-order chi connectivity index (χ0) is 9.14. The molecule has 0 saturated carbocycles. The van der Waals surface area contributed by atoms with Crippen LogP contribution in [0.1, 0.15) is 11.6 Å². The van der Waals surface area contributed by atoms with E-state index >= 15 is 0 Å². The fourth-order valence-corrected chi connectivity index (χ4v) is 1.08. The van der Waals surface area contributed by atoms with Gasteiger partial charge in [0.25, 0.3) is 0 Å². The highest BCUT2D eigenvalue weighted by Crippen LogP contribution is 2.26. The topological polar surface area (TPSA) is 46.2 Å². The summed E-state index contributed by atoms with van der Waals surface area (Å²) in [5.41, 5.74) is 5.74. The Kier molecular flexibility index (Phi) is 2.89. The highest BCUT2D eigenvalue weighted by molar-refractivity contribution is 6.30. The number of aromatic hydroxyl groups is 1. The molecule has 0 aromatic heterocycles. The van der Waals surface area contributed by atoms with Crippen LogP contribution in [0.25, 0.3) is 0 Å². The molecule has 0 aliphatic rings. The molecule has 0 spiro atoms. The number of nitrogens with two attached hydrogens (primary N) is 1. The normalized spacial score (nSPS) is 12.9. The molecular weight excluding hydrogens is 181 g/mol. The van der Waals surface area contributed by atoms with Crippen LogP contribution in [0.2, 0.25) is 5.02 Å². The molecule has 4 heteroatoms. The first-order chi connectivity index (χ1) is 5.65. The predicted octanol–water partition coefficient (Wildman–Crippen LogP) is 2.01. The summed E-state index contributed by atoms with van der Waals surface area (Å²) < 4.78 is 12.1. The summed E-state index contributed by atoms with van der Waals surface area (Å²) in [5, 5.41) is 9.67. The fourth-order valence-electron chi connectivity index (χ4n) is 0.913. The summed E-state index contributed by atoms with van der Waals surface area (Å²) in [7, 11) is 0. The molecule has 0 aliphatic heterocycles. The van der Waals surface area contributed by atoms with Crippen LogP contribution in [-0.2, 0) is 0 Å². The minimum Gasteiger partial charge on any atom is -0.508 e. The molecule has 12 heavy (non-hydrogen) atoms. The van der Waals surface area contributed by atoms with Gasteiger partial charge in [-0.3, -0.25) is 0 Å². The van der Waals surface area contributed by atoms with Gasteiger partial charge in [0.2, 0.25) is 0 Å². The minimum absolute atomic E-state index is 0.0624. The second kappa shape index (κ2) is 3.74. The van der Waals surface area contributed by atoms with Gasteiger partial charge in [0.1, 0.15) is 12.4 Å². The minimum atomic E-state index is -0.776. The van der Waals surface area contributed by atoms with Gasteiger partial charge in [-0.15, -0.1) is 0 Å². The Morgan fingerprint density at radius 2 is 2.25 bits per heavy atom. The van der Waals surface area contributed by atoms with Crippen LogP contribution in [0.4, 0.5) is 4.39 Å². The molecule has 1 aromatic carbocycles. The summed E-state index contributed by atoms with van der Waals surface area (Å²) in [4.78, 5) is 0. The second-order valence-corrected chi connectivity index (χ2v) is 2.90. The van der Waals surface area contributed by atoms with E-state index in [9.17, 15) is 9.50 Å². The third-order valence-electron chi connectivity index (χ3n) is 1.56. The van der Waals surface area contributed by atoms with Crippen LogP contribution < -0.4 is 5.73 Å². The van der Waals surface area contributed by atoms with Crippen LogP contribution in [0.15, 0.2) is 18.2 Å². The monoisotopic (exact) mass is 189 g/mol. The van der Waals surface area contributed by atoms with Crippen LogP contribution in [-0.4, -0.2) is 11.8 Å². The number of halogens is 2. The van der Waals surface area contributed by atoms with Crippen molar-refractivity contribution < 1.29 is 9.50 Å². The van der Waals surface area contributed by atoms with Gasteiger partial charge < -0.3 is 10.8 Å². The average Bonchev–Trinajstić information content (AvgIpc) is 2.03. The van der Waals surface area contributed by atoms with E-state index in [2.05, 4.69) is 0 Å². The van der Waals surface area contributed by atoms with Crippen molar-refractivity contribution in [2.75, 3.05) is 6.67 Å². The van der Waals surface area contributed by atoms with Gasteiger partial charge in [-0.05, 0) is 12.1 Å². The standard InChI is InChI=1S/C8H9ClFNO/c9-5-1-2-6(7(11)4-10)8(12)3-5/h1-3,7,12H,4,11H2/t7-/m0/s1. The van der Waals surface area contributed by atoms with Crippen molar-refractivity contribution in [3.8, 4) is 5.75 Å². The van der Waals surface area contributed by atoms with E-state index in [1.165, 1.54) is 12.1 Å². The van der Waals surface area contributed by atoms with Crippen LogP contribution >= 0.6 is 11.6 Å². The third-order valence-corrected chi connectivity index (χ3v) is 1.79. The van der Waals surface area contributed by atoms with Crippen molar-refractivity contribution in [1.29, 1.82) is 0 Å². The number of hydrogen-bond donors (Lipinski definition) is 2. The number of rotatable bonds is 2. The Hall–Kier alpha value is -0.800. The van der Waals surface area contributed by atoms with Gasteiger partial charge >= 0.3 is 0 Å². The molecule has 0 amide bonds. The molecule has 0 heterocycles. The van der Waals surface area contributed by atoms with Gasteiger partial charge in [-0.1, -0.05) is 17.7 Å². The van der Waals surface area contributed by atoms with Crippen molar-refractivity contribution in [3.63, 3.8) is 0 Å². The first-order valence-electron chi connectivity index (χ1n) is 3.45. The molecule has 1 atom stereocenters. The lowest BCUT2D eigenvalue weighted by molar-refractivity contribution is 0.414.